The van der Waals surface area contributed by atoms with Gasteiger partial charge in [-0.3, -0.25) is 0 Å². The number of hydrogen-bond acceptors (Lipinski definition) is 1. The number of thioether (sulfide) groups is 1. The molecule has 0 radical (unpaired) electrons. The maximum Gasteiger partial charge on any atom is 0.0872 e. The molecule has 0 saturated heterocycles. The number of hydrogen-bond donors (Lipinski definition) is 0. The van der Waals surface area contributed by atoms with Gasteiger partial charge in [-0.05, 0) is 25.5 Å². The van der Waals surface area contributed by atoms with Crippen LogP contribution in [-0.4, -0.2) is 4.71 Å². The normalized spacial score (nSPS) is 12.5. The maximum atomic E-state index is 6.11. The van der Waals surface area contributed by atoms with Crippen molar-refractivity contribution in [3.8, 4) is 0 Å². The van der Waals surface area contributed by atoms with Crippen LogP contribution >= 0.6 is 23.4 Å². The van der Waals surface area contributed by atoms with Gasteiger partial charge in [-0.2, -0.15) is 0 Å². The topological polar surface area (TPSA) is 0 Å². The van der Waals surface area contributed by atoms with E-state index in [0.29, 0.717) is 0 Å². The van der Waals surface area contributed by atoms with Gasteiger partial charge in [0, 0.05) is 4.90 Å². The van der Waals surface area contributed by atoms with Crippen LogP contribution in [-0.2, 0) is 0 Å². The first-order chi connectivity index (χ1) is 6.18. The minimum Gasteiger partial charge on any atom is -0.110 e. The van der Waals surface area contributed by atoms with Crippen molar-refractivity contribution in [2.24, 2.45) is 0 Å². The highest BCUT2D eigenvalue weighted by Crippen LogP contribution is 2.29. The Hall–Kier alpha value is -0.400. The molecule has 0 aliphatic rings. The third-order valence-corrected chi connectivity index (χ3v) is 2.90. The fraction of sp³-hybridized carbons (Fsp3) is 0.273. The largest absolute Gasteiger partial charge is 0.110 e. The molecule has 1 aromatic carbocycles. The van der Waals surface area contributed by atoms with Crippen molar-refractivity contribution in [2.45, 2.75) is 22.9 Å². The van der Waals surface area contributed by atoms with E-state index in [-0.39, 0.29) is 4.71 Å². The van der Waals surface area contributed by atoms with Gasteiger partial charge in [-0.15, -0.1) is 29.9 Å². The predicted molar refractivity (Wildman–Crippen MR) is 61.4 cm³/mol. The molecule has 0 amide bonds. The first kappa shape index (κ1) is 10.7. The second-order valence-electron chi connectivity index (χ2n) is 3.00. The molecule has 70 valence electrons. The van der Waals surface area contributed by atoms with Crippen molar-refractivity contribution in [2.75, 3.05) is 0 Å². The highest BCUT2D eigenvalue weighted by Gasteiger charge is 2.05. The van der Waals surface area contributed by atoms with E-state index < -0.39 is 0 Å². The van der Waals surface area contributed by atoms with Crippen molar-refractivity contribution in [1.82, 2.24) is 0 Å². The van der Waals surface area contributed by atoms with Gasteiger partial charge in [0.05, 0.1) is 4.71 Å². The summed E-state index contributed by atoms with van der Waals surface area (Å²) in [6.07, 6.45) is 0.862. The summed E-state index contributed by atoms with van der Waals surface area (Å²) in [4.78, 5) is 1.21. The zero-order valence-electron chi connectivity index (χ0n) is 7.66. The molecule has 1 atom stereocenters. The third kappa shape index (κ3) is 4.39. The minimum absolute atomic E-state index is 0.0971. The number of rotatable bonds is 4. The molecule has 1 unspecified atom stereocenters. The number of allylic oxidation sites excluding steroid dienone is 1. The quantitative estimate of drug-likeness (QED) is 0.407. The van der Waals surface area contributed by atoms with E-state index in [4.69, 9.17) is 11.6 Å². The van der Waals surface area contributed by atoms with Crippen molar-refractivity contribution in [3.05, 3.63) is 42.5 Å². The molecule has 2 heteroatoms. The van der Waals surface area contributed by atoms with E-state index in [0.717, 1.165) is 12.0 Å². The number of halogens is 1. The lowest BCUT2D eigenvalue weighted by Crippen LogP contribution is -1.91. The Morgan fingerprint density at radius 3 is 2.62 bits per heavy atom. The van der Waals surface area contributed by atoms with Crippen LogP contribution in [0.2, 0.25) is 0 Å². The molecule has 1 aromatic rings. The minimum atomic E-state index is 0.0971. The first-order valence-electron chi connectivity index (χ1n) is 4.18. The van der Waals surface area contributed by atoms with Crippen LogP contribution in [0.4, 0.5) is 0 Å². The molecule has 13 heavy (non-hydrogen) atoms. The van der Waals surface area contributed by atoms with E-state index in [2.05, 4.69) is 18.7 Å². The fourth-order valence-corrected chi connectivity index (χ4v) is 2.51. The first-order valence-corrected chi connectivity index (χ1v) is 5.50. The zero-order chi connectivity index (χ0) is 9.68. The Labute approximate surface area is 89.0 Å². The van der Waals surface area contributed by atoms with E-state index >= 15 is 0 Å². The molecule has 0 aliphatic carbocycles. The van der Waals surface area contributed by atoms with Gasteiger partial charge in [0.2, 0.25) is 0 Å². The van der Waals surface area contributed by atoms with Crippen LogP contribution in [0.1, 0.15) is 13.3 Å². The zero-order valence-corrected chi connectivity index (χ0v) is 9.24. The lowest BCUT2D eigenvalue weighted by molar-refractivity contribution is 1.07. The summed E-state index contributed by atoms with van der Waals surface area (Å²) >= 11 is 7.79. The van der Waals surface area contributed by atoms with Gasteiger partial charge in [-0.25, -0.2) is 0 Å². The summed E-state index contributed by atoms with van der Waals surface area (Å²) in [5.74, 6) is 0. The van der Waals surface area contributed by atoms with Crippen molar-refractivity contribution < 1.29 is 0 Å². The second kappa shape index (κ2) is 5.36. The molecule has 0 heterocycles. The van der Waals surface area contributed by atoms with Gasteiger partial charge < -0.3 is 0 Å². The average molecular weight is 213 g/mol. The lowest BCUT2D eigenvalue weighted by atomic mass is 10.3. The molecule has 0 saturated carbocycles. The van der Waals surface area contributed by atoms with Gasteiger partial charge in [0.1, 0.15) is 0 Å². The average Bonchev–Trinajstić information content (AvgIpc) is 2.04. The Kier molecular flexibility index (Phi) is 4.40. The Morgan fingerprint density at radius 1 is 1.46 bits per heavy atom. The van der Waals surface area contributed by atoms with Gasteiger partial charge >= 0.3 is 0 Å². The molecular formula is C11H13ClS. The second-order valence-corrected chi connectivity index (χ2v) is 5.06. The smallest absolute Gasteiger partial charge is 0.0872 e. The number of benzene rings is 1. The Balaban J connectivity index is 2.45. The molecule has 0 bridgehead atoms. The summed E-state index contributed by atoms with van der Waals surface area (Å²) in [6, 6.07) is 10.2. The summed E-state index contributed by atoms with van der Waals surface area (Å²) in [5.41, 5.74) is 1.13. The summed E-state index contributed by atoms with van der Waals surface area (Å²) in [5, 5.41) is 0. The van der Waals surface area contributed by atoms with E-state index in [1.54, 1.807) is 11.8 Å². The van der Waals surface area contributed by atoms with Gasteiger partial charge in [-0.1, -0.05) is 23.8 Å². The Morgan fingerprint density at radius 2 is 2.08 bits per heavy atom. The van der Waals surface area contributed by atoms with Crippen LogP contribution in [0, 0.1) is 0 Å². The molecule has 0 aromatic heterocycles. The Bertz CT molecular complexity index is 269. The van der Waals surface area contributed by atoms with Crippen LogP contribution < -0.4 is 0 Å². The summed E-state index contributed by atoms with van der Waals surface area (Å²) in [7, 11) is 0. The van der Waals surface area contributed by atoms with Crippen molar-refractivity contribution in [1.29, 1.82) is 0 Å². The highest BCUT2D eigenvalue weighted by atomic mass is 35.5. The predicted octanol–water partition coefficient (Wildman–Crippen LogP) is 4.31. The lowest BCUT2D eigenvalue weighted by Gasteiger charge is -2.08. The number of alkyl halides is 1. The molecule has 0 aliphatic heterocycles. The molecule has 0 spiro atoms. The molecule has 0 nitrogen and oxygen atoms in total. The van der Waals surface area contributed by atoms with Crippen LogP contribution in [0.5, 0.6) is 0 Å². The van der Waals surface area contributed by atoms with Crippen LogP contribution in [0.25, 0.3) is 0 Å². The standard InChI is InChI=1S/C11H13ClS/c1-9(2)8-11(12)13-10-6-4-3-5-7-10/h3-7,11H,1,8H2,2H3. The third-order valence-electron chi connectivity index (χ3n) is 1.52. The SMILES string of the molecule is C=C(C)CC(Cl)Sc1ccccc1. The summed E-state index contributed by atoms with van der Waals surface area (Å²) in [6.45, 7) is 5.84. The van der Waals surface area contributed by atoms with Crippen molar-refractivity contribution in [3.63, 3.8) is 0 Å². The summed E-state index contributed by atoms with van der Waals surface area (Å²) < 4.78 is 0.0971. The monoisotopic (exact) mass is 212 g/mol. The van der Waals surface area contributed by atoms with Crippen LogP contribution in [0.3, 0.4) is 0 Å². The molecular weight excluding hydrogens is 200 g/mol. The van der Waals surface area contributed by atoms with Crippen molar-refractivity contribution >= 4 is 23.4 Å². The maximum absolute atomic E-state index is 6.11. The van der Waals surface area contributed by atoms with E-state index in [9.17, 15) is 0 Å². The van der Waals surface area contributed by atoms with E-state index in [1.165, 1.54) is 4.90 Å². The molecule has 0 fully saturated rings. The molecule has 0 N–H and O–H groups in total. The fourth-order valence-electron chi connectivity index (χ4n) is 0.962. The van der Waals surface area contributed by atoms with Gasteiger partial charge in [0.25, 0.3) is 0 Å². The van der Waals surface area contributed by atoms with E-state index in [1.807, 2.05) is 25.1 Å². The van der Waals surface area contributed by atoms with Gasteiger partial charge in [0.15, 0.2) is 0 Å². The highest BCUT2D eigenvalue weighted by molar-refractivity contribution is 8.01. The molecule has 1 rings (SSSR count). The van der Waals surface area contributed by atoms with Crippen LogP contribution in [0.15, 0.2) is 47.4 Å².